The van der Waals surface area contributed by atoms with E-state index in [1.807, 2.05) is 18.2 Å². The fourth-order valence-corrected chi connectivity index (χ4v) is 3.47. The molecule has 1 saturated carbocycles. The van der Waals surface area contributed by atoms with Crippen molar-refractivity contribution in [3.8, 4) is 22.6 Å². The monoisotopic (exact) mass is 282 g/mol. The van der Waals surface area contributed by atoms with Gasteiger partial charge in [-0.25, -0.2) is 0 Å². The van der Waals surface area contributed by atoms with Crippen molar-refractivity contribution < 1.29 is 10.2 Å². The quantitative estimate of drug-likeness (QED) is 0.802. The van der Waals surface area contributed by atoms with Gasteiger partial charge < -0.3 is 10.2 Å². The highest BCUT2D eigenvalue weighted by atomic mass is 16.3. The molecule has 2 aromatic carbocycles. The van der Waals surface area contributed by atoms with Crippen molar-refractivity contribution >= 4 is 0 Å². The number of rotatable bonds is 2. The lowest BCUT2D eigenvalue weighted by atomic mass is 9.81. The molecule has 0 spiro atoms. The maximum atomic E-state index is 10.3. The van der Waals surface area contributed by atoms with Gasteiger partial charge in [0.05, 0.1) is 0 Å². The summed E-state index contributed by atoms with van der Waals surface area (Å²) in [7, 11) is 0. The first-order valence-corrected chi connectivity index (χ1v) is 7.78. The van der Waals surface area contributed by atoms with Crippen LogP contribution in [0.5, 0.6) is 11.5 Å². The van der Waals surface area contributed by atoms with Crippen LogP contribution in [0.4, 0.5) is 0 Å². The third-order valence-corrected chi connectivity index (χ3v) is 4.59. The van der Waals surface area contributed by atoms with Crippen LogP contribution >= 0.6 is 0 Å². The molecule has 3 rings (SSSR count). The number of aryl methyl sites for hydroxylation is 1. The summed E-state index contributed by atoms with van der Waals surface area (Å²) >= 11 is 0. The minimum absolute atomic E-state index is 0.228. The Morgan fingerprint density at radius 1 is 0.952 bits per heavy atom. The second-order valence-electron chi connectivity index (χ2n) is 6.11. The number of phenols is 2. The average molecular weight is 282 g/mol. The van der Waals surface area contributed by atoms with Crippen molar-refractivity contribution in [2.75, 3.05) is 0 Å². The Morgan fingerprint density at radius 3 is 2.43 bits per heavy atom. The molecule has 0 bridgehead atoms. The van der Waals surface area contributed by atoms with Crippen molar-refractivity contribution in [1.82, 2.24) is 0 Å². The van der Waals surface area contributed by atoms with E-state index in [0.717, 1.165) is 11.1 Å². The number of hydrogen-bond acceptors (Lipinski definition) is 2. The van der Waals surface area contributed by atoms with Crippen molar-refractivity contribution in [3.05, 3.63) is 47.5 Å². The first-order valence-electron chi connectivity index (χ1n) is 7.78. The Hall–Kier alpha value is -1.96. The molecule has 2 aromatic rings. The summed E-state index contributed by atoms with van der Waals surface area (Å²) in [6, 6.07) is 11.1. The van der Waals surface area contributed by atoms with Gasteiger partial charge >= 0.3 is 0 Å². The van der Waals surface area contributed by atoms with Gasteiger partial charge in [-0.1, -0.05) is 31.4 Å². The summed E-state index contributed by atoms with van der Waals surface area (Å²) in [5.74, 6) is 1.12. The minimum atomic E-state index is 0.228. The Labute approximate surface area is 126 Å². The summed E-state index contributed by atoms with van der Waals surface area (Å²) < 4.78 is 0. The Kier molecular flexibility index (Phi) is 3.87. The Morgan fingerprint density at radius 2 is 1.71 bits per heavy atom. The number of phenolic OH excluding ortho intramolecular Hbond substituents is 2. The van der Waals surface area contributed by atoms with E-state index in [0.29, 0.717) is 5.92 Å². The van der Waals surface area contributed by atoms with E-state index >= 15 is 0 Å². The molecule has 1 aliphatic rings. The topological polar surface area (TPSA) is 40.5 Å². The van der Waals surface area contributed by atoms with Crippen LogP contribution in [0.15, 0.2) is 36.4 Å². The number of hydrogen-bond donors (Lipinski definition) is 2. The van der Waals surface area contributed by atoms with Crippen LogP contribution < -0.4 is 0 Å². The molecule has 0 heterocycles. The maximum Gasteiger partial charge on any atom is 0.123 e. The summed E-state index contributed by atoms with van der Waals surface area (Å²) in [5.41, 5.74) is 4.20. The summed E-state index contributed by atoms with van der Waals surface area (Å²) in [6.07, 6.45) is 6.42. The summed E-state index contributed by atoms with van der Waals surface area (Å²) in [4.78, 5) is 0. The molecule has 0 unspecified atom stereocenters. The van der Waals surface area contributed by atoms with Gasteiger partial charge in [-0.15, -0.1) is 0 Å². The molecular formula is C19H22O2. The number of benzene rings is 2. The fraction of sp³-hybridized carbons (Fsp3) is 0.368. The molecule has 0 aliphatic heterocycles. The molecule has 110 valence electrons. The SMILES string of the molecule is Cc1cc(O)c(-c2cccc(O)c2)cc1C1CCCCC1. The Balaban J connectivity index is 2.04. The summed E-state index contributed by atoms with van der Waals surface area (Å²) in [6.45, 7) is 2.08. The van der Waals surface area contributed by atoms with Gasteiger partial charge in [-0.05, 0) is 66.6 Å². The first-order chi connectivity index (χ1) is 10.1. The van der Waals surface area contributed by atoms with Gasteiger partial charge in [0, 0.05) is 5.56 Å². The van der Waals surface area contributed by atoms with Crippen molar-refractivity contribution in [3.63, 3.8) is 0 Å². The van der Waals surface area contributed by atoms with Crippen LogP contribution in [0.2, 0.25) is 0 Å². The molecule has 0 amide bonds. The molecular weight excluding hydrogens is 260 g/mol. The van der Waals surface area contributed by atoms with E-state index < -0.39 is 0 Å². The van der Waals surface area contributed by atoms with Gasteiger partial charge in [-0.3, -0.25) is 0 Å². The molecule has 2 heteroatoms. The maximum absolute atomic E-state index is 10.3. The highest BCUT2D eigenvalue weighted by Crippen LogP contribution is 2.40. The van der Waals surface area contributed by atoms with E-state index in [1.165, 1.54) is 43.2 Å². The highest BCUT2D eigenvalue weighted by molar-refractivity contribution is 5.72. The third kappa shape index (κ3) is 2.90. The van der Waals surface area contributed by atoms with Crippen LogP contribution in [-0.4, -0.2) is 10.2 Å². The predicted octanol–water partition coefficient (Wildman–Crippen LogP) is 5.12. The number of aromatic hydroxyl groups is 2. The first kappa shape index (κ1) is 14.0. The molecule has 0 saturated heterocycles. The van der Waals surface area contributed by atoms with Crippen LogP contribution in [0, 0.1) is 6.92 Å². The zero-order chi connectivity index (χ0) is 14.8. The molecule has 0 atom stereocenters. The lowest BCUT2D eigenvalue weighted by molar-refractivity contribution is 0.440. The predicted molar refractivity (Wildman–Crippen MR) is 85.8 cm³/mol. The standard InChI is InChI=1S/C19H22O2/c1-13-10-19(21)18(15-8-5-9-16(20)11-15)12-17(13)14-6-3-2-4-7-14/h5,8-12,14,20-21H,2-4,6-7H2,1H3. The van der Waals surface area contributed by atoms with E-state index in [4.69, 9.17) is 0 Å². The Bertz CT molecular complexity index is 640. The van der Waals surface area contributed by atoms with Gasteiger partial charge in [0.2, 0.25) is 0 Å². The van der Waals surface area contributed by atoms with Crippen LogP contribution in [0.25, 0.3) is 11.1 Å². The average Bonchev–Trinajstić information content (AvgIpc) is 2.48. The molecule has 0 aromatic heterocycles. The molecule has 2 nitrogen and oxygen atoms in total. The molecule has 0 radical (unpaired) electrons. The van der Waals surface area contributed by atoms with Crippen LogP contribution in [-0.2, 0) is 0 Å². The van der Waals surface area contributed by atoms with Crippen LogP contribution in [0.3, 0.4) is 0 Å². The molecule has 1 fully saturated rings. The van der Waals surface area contributed by atoms with E-state index in [9.17, 15) is 10.2 Å². The normalized spacial score (nSPS) is 16.0. The highest BCUT2D eigenvalue weighted by Gasteiger charge is 2.19. The lowest BCUT2D eigenvalue weighted by Gasteiger charge is -2.24. The van der Waals surface area contributed by atoms with Crippen molar-refractivity contribution in [1.29, 1.82) is 0 Å². The van der Waals surface area contributed by atoms with Gasteiger partial charge in [0.25, 0.3) is 0 Å². The second kappa shape index (κ2) is 5.80. The molecule has 2 N–H and O–H groups in total. The smallest absolute Gasteiger partial charge is 0.123 e. The van der Waals surface area contributed by atoms with E-state index in [-0.39, 0.29) is 11.5 Å². The van der Waals surface area contributed by atoms with E-state index in [2.05, 4.69) is 13.0 Å². The van der Waals surface area contributed by atoms with Gasteiger partial charge in [0.15, 0.2) is 0 Å². The van der Waals surface area contributed by atoms with E-state index in [1.54, 1.807) is 12.1 Å². The fourth-order valence-electron chi connectivity index (χ4n) is 3.47. The zero-order valence-corrected chi connectivity index (χ0v) is 12.5. The largest absolute Gasteiger partial charge is 0.508 e. The van der Waals surface area contributed by atoms with Crippen molar-refractivity contribution in [2.24, 2.45) is 0 Å². The van der Waals surface area contributed by atoms with Gasteiger partial charge in [0.1, 0.15) is 11.5 Å². The molecule has 1 aliphatic carbocycles. The summed E-state index contributed by atoms with van der Waals surface area (Å²) in [5, 5.41) is 19.9. The zero-order valence-electron chi connectivity index (χ0n) is 12.5. The third-order valence-electron chi connectivity index (χ3n) is 4.59. The lowest BCUT2D eigenvalue weighted by Crippen LogP contribution is -2.06. The van der Waals surface area contributed by atoms with Crippen molar-refractivity contribution in [2.45, 2.75) is 44.9 Å². The second-order valence-corrected chi connectivity index (χ2v) is 6.11. The van der Waals surface area contributed by atoms with Crippen LogP contribution in [0.1, 0.15) is 49.1 Å². The van der Waals surface area contributed by atoms with Gasteiger partial charge in [-0.2, -0.15) is 0 Å². The molecule has 21 heavy (non-hydrogen) atoms. The minimum Gasteiger partial charge on any atom is -0.508 e.